The number of benzene rings is 6. The number of nitrogens with two attached hydrogens (primary N) is 2. The lowest BCUT2D eigenvalue weighted by atomic mass is 9.93. The summed E-state index contributed by atoms with van der Waals surface area (Å²) in [7, 11) is 0. The summed E-state index contributed by atoms with van der Waals surface area (Å²) in [6.45, 7) is 0. The molecule has 0 saturated heterocycles. The van der Waals surface area contributed by atoms with Crippen molar-refractivity contribution >= 4 is 32.9 Å². The average Bonchev–Trinajstić information content (AvgIpc) is 3.26. The fourth-order valence-electron chi connectivity index (χ4n) is 7.39. The third-order valence-corrected chi connectivity index (χ3v) is 10.1. The van der Waals surface area contributed by atoms with Crippen LogP contribution in [0, 0.1) is 0 Å². The number of aromatic nitrogens is 4. The van der Waals surface area contributed by atoms with Gasteiger partial charge in [-0.05, 0) is 42.2 Å². The Hall–Kier alpha value is -7.18. The minimum Gasteiger partial charge on any atom is -0.398 e. The van der Waals surface area contributed by atoms with Crippen LogP contribution < -0.4 is 21.9 Å². The molecule has 0 amide bonds. The zero-order valence-corrected chi connectivity index (χ0v) is 29.5. The normalized spacial score (nSPS) is 13.8. The molecule has 2 heterocycles. The summed E-state index contributed by atoms with van der Waals surface area (Å²) in [5.41, 5.74) is 24.1. The van der Waals surface area contributed by atoms with Crippen LogP contribution in [0.15, 0.2) is 175 Å². The van der Waals surface area contributed by atoms with E-state index in [9.17, 15) is 0 Å². The number of hydrogen-bond acceptors (Lipinski definition) is 6. The zero-order valence-electron chi connectivity index (χ0n) is 29.5. The molecule has 6 nitrogen and oxygen atoms in total. The van der Waals surface area contributed by atoms with Crippen LogP contribution in [-0.2, 0) is 0 Å². The van der Waals surface area contributed by atoms with E-state index in [1.807, 2.05) is 84.9 Å². The molecule has 0 unspecified atom stereocenters. The third-order valence-electron chi connectivity index (χ3n) is 10.1. The van der Waals surface area contributed by atoms with E-state index in [0.29, 0.717) is 11.4 Å². The van der Waals surface area contributed by atoms with Gasteiger partial charge in [-0.3, -0.25) is 0 Å². The van der Waals surface area contributed by atoms with E-state index < -0.39 is 0 Å². The van der Waals surface area contributed by atoms with Crippen LogP contribution in [-0.4, -0.2) is 20.4 Å². The summed E-state index contributed by atoms with van der Waals surface area (Å²) < 4.78 is 0. The Morgan fingerprint density at radius 2 is 0.815 bits per heavy atom. The van der Waals surface area contributed by atoms with Crippen molar-refractivity contribution in [3.63, 3.8) is 0 Å². The van der Waals surface area contributed by atoms with Gasteiger partial charge in [-0.2, -0.15) is 0 Å². The molecule has 54 heavy (non-hydrogen) atoms. The van der Waals surface area contributed by atoms with Crippen molar-refractivity contribution in [3.05, 3.63) is 191 Å². The van der Waals surface area contributed by atoms with Crippen LogP contribution in [0.4, 0.5) is 0 Å². The summed E-state index contributed by atoms with van der Waals surface area (Å²) >= 11 is 0. The first kappa shape index (κ1) is 32.7. The third kappa shape index (κ3) is 5.99. The number of rotatable bonds is 6. The minimum absolute atomic E-state index is 0.591. The molecule has 1 aliphatic carbocycles. The van der Waals surface area contributed by atoms with E-state index in [4.69, 9.17) is 31.9 Å². The number of fused-ring (bicyclic) bond motifs is 2. The number of allylic oxidation sites excluding steroid dienone is 2. The van der Waals surface area contributed by atoms with Crippen LogP contribution in [0.1, 0.15) is 18.4 Å². The van der Waals surface area contributed by atoms with Gasteiger partial charge in [0.25, 0.3) is 0 Å². The summed E-state index contributed by atoms with van der Waals surface area (Å²) in [6, 6.07) is 51.3. The highest BCUT2D eigenvalue weighted by atomic mass is 15.1. The van der Waals surface area contributed by atoms with Crippen molar-refractivity contribution in [2.24, 2.45) is 11.5 Å². The van der Waals surface area contributed by atoms with Crippen molar-refractivity contribution in [2.75, 3.05) is 0 Å². The first-order chi connectivity index (χ1) is 26.6. The summed E-state index contributed by atoms with van der Waals surface area (Å²) in [4.78, 5) is 0. The summed E-state index contributed by atoms with van der Waals surface area (Å²) in [5, 5.41) is 25.2. The Morgan fingerprint density at radius 3 is 1.26 bits per heavy atom. The van der Waals surface area contributed by atoms with E-state index in [1.165, 1.54) is 0 Å². The smallest absolute Gasteiger partial charge is 0.101 e. The van der Waals surface area contributed by atoms with Gasteiger partial charge in [0, 0.05) is 65.6 Å². The lowest BCUT2D eigenvalue weighted by Crippen LogP contribution is -2.34. The topological polar surface area (TPSA) is 104 Å². The molecule has 0 spiro atoms. The van der Waals surface area contributed by atoms with E-state index in [2.05, 4.69) is 85.0 Å². The lowest BCUT2D eigenvalue weighted by Gasteiger charge is -2.15. The van der Waals surface area contributed by atoms with Crippen LogP contribution in [0.25, 0.3) is 78.0 Å². The second-order valence-electron chi connectivity index (χ2n) is 13.4. The predicted molar refractivity (Wildman–Crippen MR) is 221 cm³/mol. The highest BCUT2D eigenvalue weighted by Gasteiger charge is 2.18. The Labute approximate surface area is 313 Å². The first-order valence-corrected chi connectivity index (χ1v) is 18.1. The van der Waals surface area contributed by atoms with E-state index in [1.54, 1.807) is 0 Å². The average molecular weight is 697 g/mol. The summed E-state index contributed by atoms with van der Waals surface area (Å²) in [6.07, 6.45) is 8.41. The van der Waals surface area contributed by atoms with Crippen LogP contribution in [0.5, 0.6) is 0 Å². The Balaban J connectivity index is 1.32. The molecule has 4 N–H and O–H groups in total. The van der Waals surface area contributed by atoms with E-state index >= 15 is 0 Å². The van der Waals surface area contributed by atoms with E-state index in [0.717, 1.165) is 101 Å². The molecule has 6 aromatic carbocycles. The fraction of sp³-hybridized carbons (Fsp3) is 0.0417. The van der Waals surface area contributed by atoms with Crippen LogP contribution >= 0.6 is 0 Å². The molecule has 0 saturated carbocycles. The van der Waals surface area contributed by atoms with Gasteiger partial charge in [0.1, 0.15) is 22.8 Å². The Kier molecular flexibility index (Phi) is 8.54. The molecule has 0 radical (unpaired) electrons. The first-order valence-electron chi connectivity index (χ1n) is 18.1. The lowest BCUT2D eigenvalue weighted by molar-refractivity contribution is 1.02. The van der Waals surface area contributed by atoms with Gasteiger partial charge < -0.3 is 11.5 Å². The molecule has 2 aromatic heterocycles. The molecule has 6 heteroatoms. The van der Waals surface area contributed by atoms with Crippen molar-refractivity contribution < 1.29 is 0 Å². The van der Waals surface area contributed by atoms with Gasteiger partial charge in [-0.1, -0.05) is 152 Å². The maximum Gasteiger partial charge on any atom is 0.101 e. The summed E-state index contributed by atoms with van der Waals surface area (Å²) in [5.74, 6) is 0. The SMILES string of the molecule is N/C(C1=CCCC=C1)=c1/cccc/c1=C(/N)c1cc(-c2nnc(-c3ccccc3)c3ccccc23)cc(-c2nnc(-c3ccccc3)c3ccccc23)c1. The Morgan fingerprint density at radius 1 is 0.407 bits per heavy atom. The highest BCUT2D eigenvalue weighted by molar-refractivity contribution is 6.04. The molecule has 0 atom stereocenters. The van der Waals surface area contributed by atoms with E-state index in [-0.39, 0.29) is 0 Å². The van der Waals surface area contributed by atoms with Gasteiger partial charge in [0.15, 0.2) is 0 Å². The van der Waals surface area contributed by atoms with Gasteiger partial charge >= 0.3 is 0 Å². The fourth-order valence-corrected chi connectivity index (χ4v) is 7.39. The second kappa shape index (κ2) is 14.1. The van der Waals surface area contributed by atoms with Crippen molar-refractivity contribution in [1.82, 2.24) is 20.4 Å². The molecule has 1 aliphatic rings. The maximum atomic E-state index is 7.24. The van der Waals surface area contributed by atoms with Gasteiger partial charge in [0.2, 0.25) is 0 Å². The zero-order chi connectivity index (χ0) is 36.4. The standard InChI is InChI=1S/C48H36N6/c49-43(31-16-4-1-5-17-31)37-22-10-11-23-38(37)44(50)34-28-35(47-41-26-14-12-24-39(41)45(51-53-47)32-18-6-2-7-19-32)30-36(29-34)48-42-27-15-13-25-40(42)46(52-54-48)33-20-8-3-9-21-33/h2-4,6-30H,1,5,49-50H2/b43-37-,44-38-. The van der Waals surface area contributed by atoms with Gasteiger partial charge in [0.05, 0.1) is 0 Å². The molecular weight excluding hydrogens is 661 g/mol. The van der Waals surface area contributed by atoms with Gasteiger partial charge in [-0.15, -0.1) is 20.4 Å². The Bertz CT molecular complexity index is 2750. The molecule has 258 valence electrons. The van der Waals surface area contributed by atoms with Crippen molar-refractivity contribution in [3.8, 4) is 45.0 Å². The van der Waals surface area contributed by atoms with Crippen LogP contribution in [0.3, 0.4) is 0 Å². The number of hydrogen-bond donors (Lipinski definition) is 2. The van der Waals surface area contributed by atoms with Crippen molar-refractivity contribution in [2.45, 2.75) is 12.8 Å². The molecular formula is C48H36N6. The van der Waals surface area contributed by atoms with Crippen molar-refractivity contribution in [1.29, 1.82) is 0 Å². The monoisotopic (exact) mass is 696 g/mol. The second-order valence-corrected chi connectivity index (χ2v) is 13.4. The maximum absolute atomic E-state index is 7.24. The molecule has 0 fully saturated rings. The van der Waals surface area contributed by atoms with Crippen LogP contribution in [0.2, 0.25) is 0 Å². The predicted octanol–water partition coefficient (Wildman–Crippen LogP) is 8.70. The number of nitrogens with zero attached hydrogens (tertiary/aromatic N) is 4. The van der Waals surface area contributed by atoms with Gasteiger partial charge in [-0.25, -0.2) is 0 Å². The molecule has 9 rings (SSSR count). The largest absolute Gasteiger partial charge is 0.398 e. The molecule has 0 bridgehead atoms. The highest BCUT2D eigenvalue weighted by Crippen LogP contribution is 2.37. The quantitative estimate of drug-likeness (QED) is 0.180. The molecule has 0 aliphatic heterocycles. The minimum atomic E-state index is 0.591. The molecule has 8 aromatic rings.